The second-order valence-electron chi connectivity index (χ2n) is 6.18. The van der Waals surface area contributed by atoms with Crippen LogP contribution in [0.2, 0.25) is 10.0 Å². The maximum atomic E-state index is 12.7. The predicted molar refractivity (Wildman–Crippen MR) is 86.4 cm³/mol. The van der Waals surface area contributed by atoms with Crippen molar-refractivity contribution in [3.63, 3.8) is 0 Å². The molecule has 1 spiro atoms. The molecule has 3 rings (SSSR count). The molecule has 1 aromatic carbocycles. The van der Waals surface area contributed by atoms with Gasteiger partial charge < -0.3 is 10.2 Å². The van der Waals surface area contributed by atoms with Crippen molar-refractivity contribution < 1.29 is 9.59 Å². The second-order valence-corrected chi connectivity index (χ2v) is 7.00. The van der Waals surface area contributed by atoms with E-state index >= 15 is 0 Å². The van der Waals surface area contributed by atoms with E-state index in [9.17, 15) is 9.59 Å². The summed E-state index contributed by atoms with van der Waals surface area (Å²) in [5.41, 5.74) is 0.838. The maximum Gasteiger partial charge on any atom is 0.253 e. The number of hydrogen-bond acceptors (Lipinski definition) is 2. The van der Waals surface area contributed by atoms with Gasteiger partial charge >= 0.3 is 0 Å². The lowest BCUT2D eigenvalue weighted by Gasteiger charge is -2.32. The van der Waals surface area contributed by atoms with Crippen LogP contribution in [-0.2, 0) is 4.79 Å². The number of carbonyl (C=O) groups is 2. The Bertz CT molecular complexity index is 624. The lowest BCUT2D eigenvalue weighted by Crippen LogP contribution is -2.47. The SMILES string of the molecule is Cc1c(Cl)cc(C(=O)N2CC[C@]3(CCCNC3=O)C2)cc1Cl. The van der Waals surface area contributed by atoms with E-state index in [0.717, 1.165) is 31.4 Å². The number of carbonyl (C=O) groups excluding carboxylic acids is 2. The summed E-state index contributed by atoms with van der Waals surface area (Å²) in [7, 11) is 0. The Balaban J connectivity index is 1.81. The summed E-state index contributed by atoms with van der Waals surface area (Å²) < 4.78 is 0. The van der Waals surface area contributed by atoms with Gasteiger partial charge in [0.2, 0.25) is 5.91 Å². The summed E-state index contributed by atoms with van der Waals surface area (Å²) in [6.07, 6.45) is 2.53. The van der Waals surface area contributed by atoms with E-state index in [0.29, 0.717) is 28.7 Å². The van der Waals surface area contributed by atoms with E-state index in [4.69, 9.17) is 23.2 Å². The molecule has 2 saturated heterocycles. The molecule has 2 aliphatic rings. The summed E-state index contributed by atoms with van der Waals surface area (Å²) in [5, 5.41) is 3.89. The van der Waals surface area contributed by atoms with Crippen LogP contribution >= 0.6 is 23.2 Å². The monoisotopic (exact) mass is 340 g/mol. The molecule has 118 valence electrons. The predicted octanol–water partition coefficient (Wildman–Crippen LogP) is 3.04. The summed E-state index contributed by atoms with van der Waals surface area (Å²) in [6, 6.07) is 3.30. The lowest BCUT2D eigenvalue weighted by molar-refractivity contribution is -0.132. The van der Waals surface area contributed by atoms with E-state index in [1.807, 2.05) is 6.92 Å². The van der Waals surface area contributed by atoms with E-state index in [-0.39, 0.29) is 11.8 Å². The first-order chi connectivity index (χ1) is 10.4. The Morgan fingerprint density at radius 1 is 1.27 bits per heavy atom. The van der Waals surface area contributed by atoms with Gasteiger partial charge in [0.1, 0.15) is 0 Å². The van der Waals surface area contributed by atoms with Gasteiger partial charge in [-0.3, -0.25) is 9.59 Å². The average Bonchev–Trinajstić information content (AvgIpc) is 2.92. The van der Waals surface area contributed by atoms with Gasteiger partial charge in [-0.1, -0.05) is 23.2 Å². The van der Waals surface area contributed by atoms with Crippen molar-refractivity contribution >= 4 is 35.0 Å². The molecule has 1 aromatic rings. The third-order valence-electron chi connectivity index (χ3n) is 4.77. The van der Waals surface area contributed by atoms with Gasteiger partial charge in [0.05, 0.1) is 5.41 Å². The zero-order valence-electron chi connectivity index (χ0n) is 12.4. The third-order valence-corrected chi connectivity index (χ3v) is 5.55. The molecule has 0 aliphatic carbocycles. The minimum absolute atomic E-state index is 0.0778. The smallest absolute Gasteiger partial charge is 0.253 e. The normalized spacial score (nSPS) is 24.7. The molecule has 0 radical (unpaired) electrons. The van der Waals surface area contributed by atoms with Crippen molar-refractivity contribution in [3.05, 3.63) is 33.3 Å². The van der Waals surface area contributed by atoms with Gasteiger partial charge in [-0.2, -0.15) is 0 Å². The molecule has 2 heterocycles. The minimum Gasteiger partial charge on any atom is -0.356 e. The Labute approximate surface area is 139 Å². The number of nitrogens with zero attached hydrogens (tertiary/aromatic N) is 1. The molecule has 6 heteroatoms. The zero-order valence-corrected chi connectivity index (χ0v) is 13.9. The second kappa shape index (κ2) is 5.74. The van der Waals surface area contributed by atoms with Gasteiger partial charge in [0.15, 0.2) is 0 Å². The first kappa shape index (κ1) is 15.6. The zero-order chi connectivity index (χ0) is 15.9. The van der Waals surface area contributed by atoms with Crippen LogP contribution in [0.3, 0.4) is 0 Å². The number of hydrogen-bond donors (Lipinski definition) is 1. The average molecular weight is 341 g/mol. The summed E-state index contributed by atoms with van der Waals surface area (Å²) >= 11 is 12.2. The molecule has 4 nitrogen and oxygen atoms in total. The fraction of sp³-hybridized carbons (Fsp3) is 0.500. The van der Waals surface area contributed by atoms with Crippen molar-refractivity contribution in [2.75, 3.05) is 19.6 Å². The van der Waals surface area contributed by atoms with Crippen LogP contribution in [-0.4, -0.2) is 36.3 Å². The number of rotatable bonds is 1. The fourth-order valence-electron chi connectivity index (χ4n) is 3.32. The van der Waals surface area contributed by atoms with Crippen molar-refractivity contribution in [3.8, 4) is 0 Å². The van der Waals surface area contributed by atoms with Gasteiger partial charge in [-0.05, 0) is 43.9 Å². The quantitative estimate of drug-likeness (QED) is 0.854. The molecule has 0 aromatic heterocycles. The van der Waals surface area contributed by atoms with E-state index in [2.05, 4.69) is 5.32 Å². The summed E-state index contributed by atoms with van der Waals surface area (Å²) in [5.74, 6) is -0.0342. The molecule has 2 amide bonds. The van der Waals surface area contributed by atoms with Crippen LogP contribution < -0.4 is 5.32 Å². The van der Waals surface area contributed by atoms with E-state index in [1.165, 1.54) is 0 Å². The van der Waals surface area contributed by atoms with Crippen molar-refractivity contribution in [2.24, 2.45) is 5.41 Å². The third kappa shape index (κ3) is 2.59. The van der Waals surface area contributed by atoms with Gasteiger partial charge in [0.25, 0.3) is 5.91 Å². The maximum absolute atomic E-state index is 12.7. The number of amides is 2. The molecule has 2 fully saturated rings. The van der Waals surface area contributed by atoms with Gasteiger partial charge in [0, 0.05) is 35.2 Å². The number of nitrogens with one attached hydrogen (secondary N) is 1. The van der Waals surface area contributed by atoms with Crippen molar-refractivity contribution in [2.45, 2.75) is 26.2 Å². The number of benzene rings is 1. The lowest BCUT2D eigenvalue weighted by atomic mass is 9.79. The Morgan fingerprint density at radius 3 is 2.59 bits per heavy atom. The number of halogens is 2. The Kier molecular flexibility index (Phi) is 4.08. The highest BCUT2D eigenvalue weighted by molar-refractivity contribution is 6.36. The number of piperidine rings is 1. The minimum atomic E-state index is -0.411. The van der Waals surface area contributed by atoms with E-state index < -0.39 is 5.41 Å². The van der Waals surface area contributed by atoms with Gasteiger partial charge in [-0.15, -0.1) is 0 Å². The van der Waals surface area contributed by atoms with Crippen LogP contribution in [0.15, 0.2) is 12.1 Å². The molecular weight excluding hydrogens is 323 g/mol. The van der Waals surface area contributed by atoms with E-state index in [1.54, 1.807) is 17.0 Å². The Morgan fingerprint density at radius 2 is 1.95 bits per heavy atom. The Hall–Kier alpha value is -1.26. The molecule has 0 unspecified atom stereocenters. The summed E-state index contributed by atoms with van der Waals surface area (Å²) in [6.45, 7) is 3.62. The molecule has 22 heavy (non-hydrogen) atoms. The molecule has 2 aliphatic heterocycles. The molecular formula is C16H18Cl2N2O2. The standard InChI is InChI=1S/C16H18Cl2N2O2/c1-10-12(17)7-11(8-13(10)18)14(21)20-6-4-16(9-20)3-2-5-19-15(16)22/h7-8H,2-6,9H2,1H3,(H,19,22)/t16-/m1/s1. The van der Waals surface area contributed by atoms with Crippen molar-refractivity contribution in [1.82, 2.24) is 10.2 Å². The highest BCUT2D eigenvalue weighted by atomic mass is 35.5. The highest BCUT2D eigenvalue weighted by Gasteiger charge is 2.46. The summed E-state index contributed by atoms with van der Waals surface area (Å²) in [4.78, 5) is 26.6. The van der Waals surface area contributed by atoms with Gasteiger partial charge in [-0.25, -0.2) is 0 Å². The first-order valence-corrected chi connectivity index (χ1v) is 8.22. The number of likely N-dealkylation sites (tertiary alicyclic amines) is 1. The van der Waals surface area contributed by atoms with Crippen molar-refractivity contribution in [1.29, 1.82) is 0 Å². The molecule has 1 atom stereocenters. The van der Waals surface area contributed by atoms with Crippen LogP contribution in [0.4, 0.5) is 0 Å². The molecule has 0 saturated carbocycles. The highest BCUT2D eigenvalue weighted by Crippen LogP contribution is 2.38. The first-order valence-electron chi connectivity index (χ1n) is 7.46. The van der Waals surface area contributed by atoms with Crippen LogP contribution in [0, 0.1) is 12.3 Å². The van der Waals surface area contributed by atoms with Crippen LogP contribution in [0.1, 0.15) is 35.2 Å². The molecule has 1 N–H and O–H groups in total. The largest absolute Gasteiger partial charge is 0.356 e. The van der Waals surface area contributed by atoms with Crippen LogP contribution in [0.25, 0.3) is 0 Å². The topological polar surface area (TPSA) is 49.4 Å². The molecule has 0 bridgehead atoms. The van der Waals surface area contributed by atoms with Crippen LogP contribution in [0.5, 0.6) is 0 Å². The fourth-order valence-corrected chi connectivity index (χ4v) is 3.80.